The molecule has 1 aliphatic heterocycles. The number of carbonyl (C=O) groups excluding carboxylic acids is 1. The summed E-state index contributed by atoms with van der Waals surface area (Å²) in [6.45, 7) is 1.40. The van der Waals surface area contributed by atoms with Crippen LogP contribution in [0.2, 0.25) is 0 Å². The average Bonchev–Trinajstić information content (AvgIpc) is 3.00. The van der Waals surface area contributed by atoms with Crippen LogP contribution in [-0.4, -0.2) is 42.1 Å². The Morgan fingerprint density at radius 1 is 1.43 bits per heavy atom. The molecule has 5 nitrogen and oxygen atoms in total. The van der Waals surface area contributed by atoms with Gasteiger partial charge in [-0.2, -0.15) is 0 Å². The highest BCUT2D eigenvalue weighted by atomic mass is 16.5. The second-order valence-corrected chi connectivity index (χ2v) is 5.42. The Kier molecular flexibility index (Phi) is 3.75. The van der Waals surface area contributed by atoms with Crippen molar-refractivity contribution in [3.8, 4) is 0 Å². The van der Waals surface area contributed by atoms with Gasteiger partial charge >= 0.3 is 0 Å². The van der Waals surface area contributed by atoms with E-state index >= 15 is 0 Å². The summed E-state index contributed by atoms with van der Waals surface area (Å²) >= 11 is 0. The first-order valence-corrected chi connectivity index (χ1v) is 7.17. The van der Waals surface area contributed by atoms with Crippen molar-refractivity contribution < 1.29 is 9.53 Å². The summed E-state index contributed by atoms with van der Waals surface area (Å²) in [5.74, 6) is 0.401. The number of amides is 1. The topological polar surface area (TPSA) is 68.5 Å². The number of fused-ring (bicyclic) bond motifs is 1. The van der Waals surface area contributed by atoms with Crippen molar-refractivity contribution in [3.63, 3.8) is 0 Å². The van der Waals surface area contributed by atoms with Gasteiger partial charge in [-0.15, -0.1) is 0 Å². The van der Waals surface area contributed by atoms with Crippen molar-refractivity contribution in [3.05, 3.63) is 36.0 Å². The molecule has 0 radical (unpaired) electrons. The van der Waals surface area contributed by atoms with E-state index in [1.165, 1.54) is 0 Å². The monoisotopic (exact) mass is 285 g/mol. The lowest BCUT2D eigenvalue weighted by atomic mass is 10.1. The van der Waals surface area contributed by atoms with Crippen LogP contribution in [-0.2, 0) is 4.74 Å². The minimum Gasteiger partial charge on any atom is -0.383 e. The Balaban J connectivity index is 1.88. The molecular formula is C16H19N3O2. The van der Waals surface area contributed by atoms with Crippen molar-refractivity contribution in [1.82, 2.24) is 9.88 Å². The lowest BCUT2D eigenvalue weighted by Crippen LogP contribution is -2.34. The molecule has 1 unspecified atom stereocenters. The van der Waals surface area contributed by atoms with E-state index in [2.05, 4.69) is 4.98 Å². The zero-order valence-corrected chi connectivity index (χ0v) is 12.1. The molecule has 21 heavy (non-hydrogen) atoms. The molecule has 5 heteroatoms. The number of aromatic nitrogens is 1. The standard InChI is InChI=1S/C16H19N3O2/c1-19(10-11-5-4-8-21-11)16(20)14-9-18-15(17)13-7-3-2-6-12(13)14/h2-3,6-7,9,11H,4-5,8,10H2,1H3,(H2,17,18). The summed E-state index contributed by atoms with van der Waals surface area (Å²) in [4.78, 5) is 18.5. The molecule has 1 aromatic carbocycles. The summed E-state index contributed by atoms with van der Waals surface area (Å²) in [6.07, 6.45) is 3.79. The smallest absolute Gasteiger partial charge is 0.255 e. The summed E-state index contributed by atoms with van der Waals surface area (Å²) in [6, 6.07) is 7.58. The first-order chi connectivity index (χ1) is 10.2. The van der Waals surface area contributed by atoms with E-state index in [9.17, 15) is 4.79 Å². The highest BCUT2D eigenvalue weighted by Crippen LogP contribution is 2.23. The molecule has 0 spiro atoms. The first-order valence-electron chi connectivity index (χ1n) is 7.17. The predicted molar refractivity (Wildman–Crippen MR) is 82.1 cm³/mol. The van der Waals surface area contributed by atoms with Crippen molar-refractivity contribution in [1.29, 1.82) is 0 Å². The zero-order valence-electron chi connectivity index (χ0n) is 12.1. The highest BCUT2D eigenvalue weighted by molar-refractivity contribution is 6.08. The third-order valence-electron chi connectivity index (χ3n) is 3.90. The maximum Gasteiger partial charge on any atom is 0.255 e. The molecule has 1 atom stereocenters. The third kappa shape index (κ3) is 2.69. The summed E-state index contributed by atoms with van der Waals surface area (Å²) in [5, 5.41) is 1.66. The van der Waals surface area contributed by atoms with Gasteiger partial charge in [0.15, 0.2) is 0 Å². The molecule has 110 valence electrons. The molecule has 2 N–H and O–H groups in total. The van der Waals surface area contributed by atoms with E-state index in [4.69, 9.17) is 10.5 Å². The fourth-order valence-corrected chi connectivity index (χ4v) is 2.77. The van der Waals surface area contributed by atoms with Crippen molar-refractivity contribution in [2.45, 2.75) is 18.9 Å². The van der Waals surface area contributed by atoms with Crippen molar-refractivity contribution in [2.75, 3.05) is 25.9 Å². The average molecular weight is 285 g/mol. The quantitative estimate of drug-likeness (QED) is 0.937. The number of hydrogen-bond acceptors (Lipinski definition) is 4. The van der Waals surface area contributed by atoms with Crippen LogP contribution < -0.4 is 5.73 Å². The number of anilines is 1. The van der Waals surface area contributed by atoms with Gasteiger partial charge in [0.2, 0.25) is 0 Å². The van der Waals surface area contributed by atoms with Gasteiger partial charge in [0, 0.05) is 31.8 Å². The molecule has 2 heterocycles. The largest absolute Gasteiger partial charge is 0.383 e. The SMILES string of the molecule is CN(CC1CCCO1)C(=O)c1cnc(N)c2ccccc12. The number of hydrogen-bond donors (Lipinski definition) is 1. The number of rotatable bonds is 3. The molecule has 2 aromatic rings. The number of likely N-dealkylation sites (N-methyl/N-ethyl adjacent to an activating group) is 1. The molecule has 1 aromatic heterocycles. The number of nitrogens with zero attached hydrogens (tertiary/aromatic N) is 2. The molecule has 1 amide bonds. The van der Waals surface area contributed by atoms with Gasteiger partial charge in [0.25, 0.3) is 5.91 Å². The molecule has 0 bridgehead atoms. The molecule has 1 saturated heterocycles. The van der Waals surface area contributed by atoms with Crippen molar-refractivity contribution >= 4 is 22.5 Å². The fourth-order valence-electron chi connectivity index (χ4n) is 2.77. The van der Waals surface area contributed by atoms with Crippen LogP contribution >= 0.6 is 0 Å². The lowest BCUT2D eigenvalue weighted by Gasteiger charge is -2.21. The normalized spacial score (nSPS) is 18.0. The second kappa shape index (κ2) is 5.69. The van der Waals surface area contributed by atoms with Crippen LogP contribution in [0.4, 0.5) is 5.82 Å². The van der Waals surface area contributed by atoms with Gasteiger partial charge < -0.3 is 15.4 Å². The van der Waals surface area contributed by atoms with Crippen LogP contribution in [0.5, 0.6) is 0 Å². The van der Waals surface area contributed by atoms with E-state index in [1.807, 2.05) is 24.3 Å². The van der Waals surface area contributed by atoms with Crippen LogP contribution in [0.1, 0.15) is 23.2 Å². The Morgan fingerprint density at radius 2 is 2.19 bits per heavy atom. The van der Waals surface area contributed by atoms with Crippen LogP contribution in [0, 0.1) is 0 Å². The summed E-state index contributed by atoms with van der Waals surface area (Å²) < 4.78 is 5.59. The molecule has 0 aliphatic carbocycles. The Labute approximate surface area is 123 Å². The van der Waals surface area contributed by atoms with Gasteiger partial charge in [0.05, 0.1) is 11.7 Å². The van der Waals surface area contributed by atoms with E-state index in [-0.39, 0.29) is 12.0 Å². The van der Waals surface area contributed by atoms with E-state index < -0.39 is 0 Å². The lowest BCUT2D eigenvalue weighted by molar-refractivity contribution is 0.0588. The van der Waals surface area contributed by atoms with Crippen LogP contribution in [0.25, 0.3) is 10.8 Å². The maximum atomic E-state index is 12.6. The molecule has 1 aliphatic rings. The van der Waals surface area contributed by atoms with Gasteiger partial charge in [-0.3, -0.25) is 4.79 Å². The highest BCUT2D eigenvalue weighted by Gasteiger charge is 2.22. The van der Waals surface area contributed by atoms with E-state index in [0.717, 1.165) is 30.2 Å². The van der Waals surface area contributed by atoms with Crippen LogP contribution in [0.15, 0.2) is 30.5 Å². The fraction of sp³-hybridized carbons (Fsp3) is 0.375. The van der Waals surface area contributed by atoms with Crippen LogP contribution in [0.3, 0.4) is 0 Å². The minimum absolute atomic E-state index is 0.0470. The van der Waals surface area contributed by atoms with Crippen molar-refractivity contribution in [2.24, 2.45) is 0 Å². The first kappa shape index (κ1) is 13.8. The number of benzene rings is 1. The summed E-state index contributed by atoms with van der Waals surface area (Å²) in [5.41, 5.74) is 6.46. The third-order valence-corrected chi connectivity index (χ3v) is 3.90. The van der Waals surface area contributed by atoms with E-state index in [0.29, 0.717) is 17.9 Å². The predicted octanol–water partition coefficient (Wildman–Crippen LogP) is 2.07. The molecule has 3 rings (SSSR count). The molecule has 1 fully saturated rings. The molecular weight excluding hydrogens is 266 g/mol. The molecule has 0 saturated carbocycles. The van der Waals surface area contributed by atoms with E-state index in [1.54, 1.807) is 18.1 Å². The number of carbonyl (C=O) groups is 1. The Morgan fingerprint density at radius 3 is 2.90 bits per heavy atom. The second-order valence-electron chi connectivity index (χ2n) is 5.42. The Bertz CT molecular complexity index is 666. The minimum atomic E-state index is -0.0470. The zero-order chi connectivity index (χ0) is 14.8. The van der Waals surface area contributed by atoms with Gasteiger partial charge in [-0.05, 0) is 18.2 Å². The summed E-state index contributed by atoms with van der Waals surface area (Å²) in [7, 11) is 1.80. The number of nitrogen functional groups attached to an aromatic ring is 1. The number of pyridine rings is 1. The van der Waals surface area contributed by atoms with Gasteiger partial charge in [0.1, 0.15) is 5.82 Å². The van der Waals surface area contributed by atoms with Gasteiger partial charge in [-0.1, -0.05) is 24.3 Å². The maximum absolute atomic E-state index is 12.6. The van der Waals surface area contributed by atoms with Gasteiger partial charge in [-0.25, -0.2) is 4.98 Å². The Hall–Kier alpha value is -2.14. The number of ether oxygens (including phenoxy) is 1. The number of nitrogens with two attached hydrogens (primary N) is 1.